The Hall–Kier alpha value is -2.17. The number of rotatable bonds is 1. The number of nitrogens with zero attached hydrogens (tertiary/aromatic N) is 2. The fraction of sp³-hybridized carbons (Fsp3) is 0.500. The first-order valence-corrected chi connectivity index (χ1v) is 10.2. The van der Waals surface area contributed by atoms with E-state index in [4.69, 9.17) is 30.7 Å². The molecule has 2 heterocycles. The Morgan fingerprint density at radius 2 is 1.18 bits per heavy atom. The number of morpholine rings is 2. The summed E-state index contributed by atoms with van der Waals surface area (Å²) in [4.78, 5) is 41.2. The Balaban J connectivity index is 0.000000210. The topological polar surface area (TPSA) is 169 Å². The lowest BCUT2D eigenvalue weighted by molar-refractivity contribution is 0.0554. The third-order valence-corrected chi connectivity index (χ3v) is 4.71. The number of carbonyl (C=O) groups excluding carboxylic acids is 2. The van der Waals surface area contributed by atoms with E-state index in [0.717, 1.165) is 0 Å². The summed E-state index contributed by atoms with van der Waals surface area (Å²) in [5.74, 6) is 0. The first kappa shape index (κ1) is 23.9. The summed E-state index contributed by atoms with van der Waals surface area (Å²) in [6.45, 7) is 4.99. The Morgan fingerprint density at radius 1 is 0.821 bits per heavy atom. The van der Waals surface area contributed by atoms with Gasteiger partial charge in [0.15, 0.2) is 0 Å². The van der Waals surface area contributed by atoms with E-state index in [1.54, 1.807) is 28.0 Å². The number of hydrogen-bond acceptors (Lipinski definition) is 5. The largest absolute Gasteiger partial charge is 0.378 e. The summed E-state index contributed by atoms with van der Waals surface area (Å²) in [5, 5.41) is 0.0648. The maximum atomic E-state index is 10.5. The van der Waals surface area contributed by atoms with Gasteiger partial charge in [-0.3, -0.25) is 4.57 Å². The third-order valence-electron chi connectivity index (χ3n) is 3.74. The van der Waals surface area contributed by atoms with Gasteiger partial charge in [0.05, 0.1) is 31.7 Å². The third kappa shape index (κ3) is 9.67. The summed E-state index contributed by atoms with van der Waals surface area (Å²) in [7, 11) is -4.02. The van der Waals surface area contributed by atoms with Crippen molar-refractivity contribution < 1.29 is 33.4 Å². The van der Waals surface area contributed by atoms with Crippen LogP contribution in [0.15, 0.2) is 30.3 Å². The molecule has 0 radical (unpaired) electrons. The molecule has 12 heteroatoms. The summed E-state index contributed by atoms with van der Waals surface area (Å²) in [6, 6.07) is 7.00. The smallest absolute Gasteiger partial charge is 0.356 e. The molecule has 0 spiro atoms. The molecule has 0 atom stereocenters. The standard InChI is InChI=1S/C6H7O3P.2C5H10N2O2/c7-10(8,9)6-4-2-1-3-5-6;2*6-5(8)7-1-3-9-4-2-7/h1-5H,(H2,7,8,9);2*1-4H2,(H2,6,8). The van der Waals surface area contributed by atoms with Gasteiger partial charge in [0, 0.05) is 26.2 Å². The molecule has 0 saturated carbocycles. The van der Waals surface area contributed by atoms with Gasteiger partial charge in [-0.2, -0.15) is 0 Å². The number of amides is 4. The van der Waals surface area contributed by atoms with Crippen molar-refractivity contribution in [3.05, 3.63) is 30.3 Å². The molecule has 0 bridgehead atoms. The summed E-state index contributed by atoms with van der Waals surface area (Å²) >= 11 is 0. The lowest BCUT2D eigenvalue weighted by Crippen LogP contribution is -2.43. The van der Waals surface area contributed by atoms with Crippen molar-refractivity contribution in [2.75, 3.05) is 52.6 Å². The summed E-state index contributed by atoms with van der Waals surface area (Å²) < 4.78 is 20.5. The van der Waals surface area contributed by atoms with Gasteiger partial charge in [0.25, 0.3) is 0 Å². The molecule has 1 aromatic carbocycles. The van der Waals surface area contributed by atoms with E-state index in [-0.39, 0.29) is 17.4 Å². The molecule has 2 saturated heterocycles. The first-order chi connectivity index (χ1) is 13.2. The minimum Gasteiger partial charge on any atom is -0.378 e. The van der Waals surface area contributed by atoms with Crippen LogP contribution >= 0.6 is 7.60 Å². The number of nitrogens with two attached hydrogens (primary N) is 2. The maximum Gasteiger partial charge on any atom is 0.356 e. The van der Waals surface area contributed by atoms with Gasteiger partial charge >= 0.3 is 19.7 Å². The summed E-state index contributed by atoms with van der Waals surface area (Å²) in [6.07, 6.45) is 0. The highest BCUT2D eigenvalue weighted by Crippen LogP contribution is 2.32. The number of primary amides is 2. The molecular formula is C16H27N4O7P. The van der Waals surface area contributed by atoms with E-state index < -0.39 is 7.60 Å². The number of ether oxygens (including phenoxy) is 2. The molecule has 0 aliphatic carbocycles. The lowest BCUT2D eigenvalue weighted by atomic mass is 10.4. The zero-order chi connectivity index (χ0) is 21.0. The fourth-order valence-corrected chi connectivity index (χ4v) is 2.75. The molecule has 0 unspecified atom stereocenters. The second-order valence-electron chi connectivity index (χ2n) is 5.75. The van der Waals surface area contributed by atoms with Crippen LogP contribution in [0.1, 0.15) is 0 Å². The normalized spacial score (nSPS) is 16.8. The number of hydrogen-bond donors (Lipinski definition) is 4. The average Bonchev–Trinajstić information content (AvgIpc) is 2.70. The highest BCUT2D eigenvalue weighted by Gasteiger charge is 2.15. The number of benzene rings is 1. The van der Waals surface area contributed by atoms with Crippen LogP contribution in [0.2, 0.25) is 0 Å². The fourth-order valence-electron chi connectivity index (χ4n) is 2.19. The van der Waals surface area contributed by atoms with Crippen LogP contribution in [0.3, 0.4) is 0 Å². The molecule has 3 rings (SSSR count). The van der Waals surface area contributed by atoms with E-state index in [0.29, 0.717) is 52.6 Å². The zero-order valence-electron chi connectivity index (χ0n) is 15.5. The van der Waals surface area contributed by atoms with Crippen LogP contribution in [-0.2, 0) is 14.0 Å². The predicted octanol–water partition coefficient (Wildman–Crippen LogP) is -0.716. The van der Waals surface area contributed by atoms with Gasteiger partial charge in [-0.25, -0.2) is 9.59 Å². The van der Waals surface area contributed by atoms with Gasteiger partial charge in [0.1, 0.15) is 0 Å². The van der Waals surface area contributed by atoms with Crippen molar-refractivity contribution >= 4 is 25.0 Å². The van der Waals surface area contributed by atoms with Gasteiger partial charge < -0.3 is 40.5 Å². The highest BCUT2D eigenvalue weighted by atomic mass is 31.2. The molecule has 2 fully saturated rings. The Bertz CT molecular complexity index is 616. The molecular weight excluding hydrogens is 391 g/mol. The Kier molecular flexibility index (Phi) is 10.5. The average molecular weight is 418 g/mol. The Morgan fingerprint density at radius 3 is 1.39 bits per heavy atom. The second-order valence-corrected chi connectivity index (χ2v) is 7.36. The van der Waals surface area contributed by atoms with Crippen molar-refractivity contribution in [3.8, 4) is 0 Å². The minimum atomic E-state index is -4.02. The maximum absolute atomic E-state index is 10.5. The second kappa shape index (κ2) is 12.3. The number of carbonyl (C=O) groups is 2. The predicted molar refractivity (Wildman–Crippen MR) is 102 cm³/mol. The molecule has 0 aromatic heterocycles. The van der Waals surface area contributed by atoms with E-state index >= 15 is 0 Å². The van der Waals surface area contributed by atoms with E-state index in [9.17, 15) is 14.2 Å². The molecule has 2 aliphatic heterocycles. The molecule has 28 heavy (non-hydrogen) atoms. The Labute approximate surface area is 163 Å². The van der Waals surface area contributed by atoms with E-state index in [2.05, 4.69) is 0 Å². The van der Waals surface area contributed by atoms with Crippen LogP contribution in [0.4, 0.5) is 9.59 Å². The molecule has 158 valence electrons. The summed E-state index contributed by atoms with van der Waals surface area (Å²) in [5.41, 5.74) is 10.00. The molecule has 11 nitrogen and oxygen atoms in total. The van der Waals surface area contributed by atoms with Gasteiger partial charge in [-0.05, 0) is 12.1 Å². The highest BCUT2D eigenvalue weighted by molar-refractivity contribution is 7.60. The molecule has 4 amide bonds. The van der Waals surface area contributed by atoms with Crippen LogP contribution in [0.25, 0.3) is 0 Å². The van der Waals surface area contributed by atoms with Crippen molar-refractivity contribution in [2.24, 2.45) is 11.5 Å². The van der Waals surface area contributed by atoms with E-state index in [1.165, 1.54) is 12.1 Å². The van der Waals surface area contributed by atoms with Gasteiger partial charge in [-0.1, -0.05) is 18.2 Å². The van der Waals surface area contributed by atoms with Crippen LogP contribution in [0, 0.1) is 0 Å². The van der Waals surface area contributed by atoms with Crippen LogP contribution < -0.4 is 16.8 Å². The first-order valence-electron chi connectivity index (χ1n) is 8.57. The van der Waals surface area contributed by atoms with Crippen molar-refractivity contribution in [3.63, 3.8) is 0 Å². The molecule has 1 aromatic rings. The van der Waals surface area contributed by atoms with E-state index in [1.807, 2.05) is 0 Å². The van der Waals surface area contributed by atoms with Gasteiger partial charge in [0.2, 0.25) is 0 Å². The number of urea groups is 2. The monoisotopic (exact) mass is 418 g/mol. The van der Waals surface area contributed by atoms with Crippen molar-refractivity contribution in [1.82, 2.24) is 9.80 Å². The van der Waals surface area contributed by atoms with Crippen molar-refractivity contribution in [1.29, 1.82) is 0 Å². The van der Waals surface area contributed by atoms with Crippen LogP contribution in [-0.4, -0.2) is 84.3 Å². The lowest BCUT2D eigenvalue weighted by Gasteiger charge is -2.24. The van der Waals surface area contributed by atoms with Crippen LogP contribution in [0.5, 0.6) is 0 Å². The van der Waals surface area contributed by atoms with Crippen molar-refractivity contribution in [2.45, 2.75) is 0 Å². The SMILES string of the molecule is NC(=O)N1CCOCC1.NC(=O)N1CCOCC1.O=P(O)(O)c1ccccc1. The minimum absolute atomic E-state index is 0.0648. The quantitative estimate of drug-likeness (QED) is 0.436. The molecule has 6 N–H and O–H groups in total. The van der Waals surface area contributed by atoms with Gasteiger partial charge in [-0.15, -0.1) is 0 Å². The zero-order valence-corrected chi connectivity index (χ0v) is 16.4. The molecule has 2 aliphatic rings.